The molecule has 0 fully saturated rings. The lowest BCUT2D eigenvalue weighted by atomic mass is 10.2. The van der Waals surface area contributed by atoms with Crippen LogP contribution in [0, 0.1) is 13.8 Å². The number of anilines is 1. The fourth-order valence-corrected chi connectivity index (χ4v) is 2.35. The first-order valence-electron chi connectivity index (χ1n) is 7.21. The summed E-state index contributed by atoms with van der Waals surface area (Å²) in [4.78, 5) is 0. The summed E-state index contributed by atoms with van der Waals surface area (Å²) in [5, 5.41) is 8.92. The van der Waals surface area contributed by atoms with Crippen LogP contribution in [0.1, 0.15) is 17.0 Å². The van der Waals surface area contributed by atoms with Crippen molar-refractivity contribution >= 4 is 11.9 Å². The Morgan fingerprint density at radius 1 is 0.955 bits per heavy atom. The molecule has 0 spiro atoms. The number of para-hydroxylation sites is 2. The zero-order valence-electron chi connectivity index (χ0n) is 12.7. The summed E-state index contributed by atoms with van der Waals surface area (Å²) in [5.41, 5.74) is 8.11. The molecule has 0 radical (unpaired) electrons. The van der Waals surface area contributed by atoms with Gasteiger partial charge in [-0.25, -0.2) is 4.68 Å². The molecule has 0 saturated carbocycles. The van der Waals surface area contributed by atoms with E-state index in [1.807, 2.05) is 78.5 Å². The largest absolute Gasteiger partial charge is 0.279 e. The second-order valence-electron chi connectivity index (χ2n) is 5.07. The molecule has 22 heavy (non-hydrogen) atoms. The van der Waals surface area contributed by atoms with Crippen LogP contribution < -0.4 is 5.43 Å². The van der Waals surface area contributed by atoms with Crippen LogP contribution in [0.15, 0.2) is 65.8 Å². The number of hydrazone groups is 1. The molecule has 0 aliphatic heterocycles. The van der Waals surface area contributed by atoms with Crippen molar-refractivity contribution in [1.29, 1.82) is 0 Å². The summed E-state index contributed by atoms with van der Waals surface area (Å²) in [6.07, 6.45) is 1.82. The quantitative estimate of drug-likeness (QED) is 0.584. The Bertz CT molecular complexity index is 774. The predicted octanol–water partition coefficient (Wildman–Crippen LogP) is 3.94. The summed E-state index contributed by atoms with van der Waals surface area (Å²) in [6, 6.07) is 20.0. The lowest BCUT2D eigenvalue weighted by Gasteiger charge is -2.03. The van der Waals surface area contributed by atoms with Crippen molar-refractivity contribution < 1.29 is 0 Å². The smallest absolute Gasteiger partial charge is 0.0689 e. The van der Waals surface area contributed by atoms with Crippen LogP contribution in [0.25, 0.3) is 5.69 Å². The van der Waals surface area contributed by atoms with E-state index in [0.29, 0.717) is 0 Å². The van der Waals surface area contributed by atoms with Crippen LogP contribution in [0.4, 0.5) is 5.69 Å². The molecular weight excluding hydrogens is 272 g/mol. The monoisotopic (exact) mass is 290 g/mol. The molecule has 110 valence electrons. The van der Waals surface area contributed by atoms with Crippen molar-refractivity contribution in [2.45, 2.75) is 13.8 Å². The van der Waals surface area contributed by atoms with E-state index in [-0.39, 0.29) is 0 Å². The molecule has 3 aromatic rings. The third kappa shape index (κ3) is 2.91. The van der Waals surface area contributed by atoms with Gasteiger partial charge in [-0.1, -0.05) is 36.4 Å². The number of hydrogen-bond acceptors (Lipinski definition) is 3. The first kappa shape index (κ1) is 14.1. The maximum absolute atomic E-state index is 4.60. The van der Waals surface area contributed by atoms with Crippen molar-refractivity contribution in [1.82, 2.24) is 9.78 Å². The highest BCUT2D eigenvalue weighted by molar-refractivity contribution is 5.83. The first-order valence-corrected chi connectivity index (χ1v) is 7.21. The average molecular weight is 290 g/mol. The molecule has 1 aromatic heterocycles. The van der Waals surface area contributed by atoms with Crippen LogP contribution in [-0.4, -0.2) is 16.0 Å². The zero-order chi connectivity index (χ0) is 15.4. The van der Waals surface area contributed by atoms with Crippen molar-refractivity contribution in [2.24, 2.45) is 5.10 Å². The van der Waals surface area contributed by atoms with Gasteiger partial charge in [0.25, 0.3) is 0 Å². The summed E-state index contributed by atoms with van der Waals surface area (Å²) in [5.74, 6) is 0. The van der Waals surface area contributed by atoms with E-state index >= 15 is 0 Å². The predicted molar refractivity (Wildman–Crippen MR) is 90.7 cm³/mol. The Morgan fingerprint density at radius 3 is 2.27 bits per heavy atom. The van der Waals surface area contributed by atoms with Gasteiger partial charge in [-0.3, -0.25) is 5.43 Å². The van der Waals surface area contributed by atoms with Gasteiger partial charge in [0.15, 0.2) is 0 Å². The average Bonchev–Trinajstić information content (AvgIpc) is 2.85. The van der Waals surface area contributed by atoms with Gasteiger partial charge in [0.2, 0.25) is 0 Å². The lowest BCUT2D eigenvalue weighted by Crippen LogP contribution is -1.99. The lowest BCUT2D eigenvalue weighted by molar-refractivity contribution is 0.833. The van der Waals surface area contributed by atoms with E-state index < -0.39 is 0 Å². The molecule has 1 N–H and O–H groups in total. The van der Waals surface area contributed by atoms with Crippen LogP contribution in [0.5, 0.6) is 0 Å². The number of hydrogen-bond donors (Lipinski definition) is 1. The molecule has 0 aliphatic carbocycles. The highest BCUT2D eigenvalue weighted by Crippen LogP contribution is 2.16. The van der Waals surface area contributed by atoms with Gasteiger partial charge in [0.05, 0.1) is 29.0 Å². The van der Waals surface area contributed by atoms with E-state index in [2.05, 4.69) is 22.5 Å². The Labute approximate surface area is 130 Å². The molecule has 0 bridgehead atoms. The topological polar surface area (TPSA) is 42.2 Å². The molecule has 0 atom stereocenters. The first-order chi connectivity index (χ1) is 10.8. The number of nitrogens with one attached hydrogen (secondary N) is 1. The highest BCUT2D eigenvalue weighted by atomic mass is 15.3. The van der Waals surface area contributed by atoms with E-state index in [0.717, 1.165) is 28.3 Å². The fourth-order valence-electron chi connectivity index (χ4n) is 2.35. The molecule has 4 nitrogen and oxygen atoms in total. The third-order valence-corrected chi connectivity index (χ3v) is 3.51. The van der Waals surface area contributed by atoms with Gasteiger partial charge in [-0.15, -0.1) is 0 Å². The second-order valence-corrected chi connectivity index (χ2v) is 5.07. The number of aryl methyl sites for hydroxylation is 1. The zero-order valence-corrected chi connectivity index (χ0v) is 12.7. The van der Waals surface area contributed by atoms with E-state index in [1.165, 1.54) is 0 Å². The molecule has 0 saturated heterocycles. The summed E-state index contributed by atoms with van der Waals surface area (Å²) < 4.78 is 1.94. The maximum Gasteiger partial charge on any atom is 0.0689 e. The molecule has 0 aliphatic rings. The number of benzene rings is 2. The van der Waals surface area contributed by atoms with Crippen molar-refractivity contribution in [2.75, 3.05) is 5.43 Å². The third-order valence-electron chi connectivity index (χ3n) is 3.51. The number of nitrogens with zero attached hydrogens (tertiary/aromatic N) is 3. The second kappa shape index (κ2) is 6.26. The number of aromatic nitrogens is 2. The van der Waals surface area contributed by atoms with Crippen molar-refractivity contribution in [3.63, 3.8) is 0 Å². The Balaban J connectivity index is 1.84. The van der Waals surface area contributed by atoms with Crippen molar-refractivity contribution in [3.05, 3.63) is 77.6 Å². The van der Waals surface area contributed by atoms with Gasteiger partial charge in [0.1, 0.15) is 0 Å². The molecule has 0 amide bonds. The Hall–Kier alpha value is -2.88. The number of rotatable bonds is 4. The molecule has 1 heterocycles. The van der Waals surface area contributed by atoms with Crippen molar-refractivity contribution in [3.8, 4) is 5.69 Å². The highest BCUT2D eigenvalue weighted by Gasteiger charge is 2.10. The van der Waals surface area contributed by atoms with Gasteiger partial charge in [0, 0.05) is 5.56 Å². The van der Waals surface area contributed by atoms with Crippen LogP contribution in [0.3, 0.4) is 0 Å². The Morgan fingerprint density at radius 2 is 1.59 bits per heavy atom. The van der Waals surface area contributed by atoms with Crippen LogP contribution in [0.2, 0.25) is 0 Å². The minimum atomic E-state index is 0.958. The van der Waals surface area contributed by atoms with Crippen LogP contribution in [-0.2, 0) is 0 Å². The van der Waals surface area contributed by atoms with Gasteiger partial charge in [-0.2, -0.15) is 10.2 Å². The molecule has 3 rings (SSSR count). The minimum Gasteiger partial charge on any atom is -0.279 e. The molecule has 0 unspecified atom stereocenters. The van der Waals surface area contributed by atoms with E-state index in [1.54, 1.807) is 0 Å². The summed E-state index contributed by atoms with van der Waals surface area (Å²) in [7, 11) is 0. The normalized spacial score (nSPS) is 11.0. The summed E-state index contributed by atoms with van der Waals surface area (Å²) in [6.45, 7) is 4.05. The van der Waals surface area contributed by atoms with Gasteiger partial charge in [-0.05, 0) is 38.1 Å². The fraction of sp³-hybridized carbons (Fsp3) is 0.111. The van der Waals surface area contributed by atoms with Gasteiger partial charge < -0.3 is 0 Å². The minimum absolute atomic E-state index is 0.958. The standard InChI is InChI=1S/C18H18N4/c1-14-18(13-19-20-16-9-5-3-6-10-16)15(2)22(21-14)17-11-7-4-8-12-17/h3-13,20H,1-2H3/b19-13+. The Kier molecular flexibility index (Phi) is 4.01. The van der Waals surface area contributed by atoms with Gasteiger partial charge >= 0.3 is 0 Å². The van der Waals surface area contributed by atoms with Crippen LogP contribution >= 0.6 is 0 Å². The summed E-state index contributed by atoms with van der Waals surface area (Å²) >= 11 is 0. The SMILES string of the molecule is Cc1nn(-c2ccccc2)c(C)c1/C=N/Nc1ccccc1. The van der Waals surface area contributed by atoms with E-state index in [9.17, 15) is 0 Å². The van der Waals surface area contributed by atoms with E-state index in [4.69, 9.17) is 0 Å². The molecule has 2 aromatic carbocycles. The maximum atomic E-state index is 4.60. The molecular formula is C18H18N4. The molecule has 4 heteroatoms.